The summed E-state index contributed by atoms with van der Waals surface area (Å²) in [4.78, 5) is 11.7. The van der Waals surface area contributed by atoms with Crippen LogP contribution >= 0.6 is 0 Å². The van der Waals surface area contributed by atoms with Crippen molar-refractivity contribution in [1.29, 1.82) is 0 Å². The fourth-order valence-corrected chi connectivity index (χ4v) is 3.49. The summed E-state index contributed by atoms with van der Waals surface area (Å²) < 4.78 is 38.2. The Morgan fingerprint density at radius 1 is 1.24 bits per heavy atom. The van der Waals surface area contributed by atoms with Gasteiger partial charge >= 0.3 is 0 Å². The number of para-hydroxylation sites is 1. The van der Waals surface area contributed by atoms with Gasteiger partial charge in [-0.15, -0.1) is 0 Å². The van der Waals surface area contributed by atoms with Crippen molar-refractivity contribution in [3.63, 3.8) is 0 Å². The molecule has 1 aliphatic rings. The van der Waals surface area contributed by atoms with Crippen molar-refractivity contribution in [2.45, 2.75) is 24.5 Å². The number of hydrogen-bond acceptors (Lipinski definition) is 5. The lowest BCUT2D eigenvalue weighted by molar-refractivity contribution is -0.122. The topological polar surface area (TPSA) is 93.7 Å². The SMILES string of the molecule is COc1ccccc1CNS(=O)(=O)c1ccc2c(c1)NC(=O)C(C)O2. The molecule has 0 saturated carbocycles. The number of methoxy groups -OCH3 is 1. The summed E-state index contributed by atoms with van der Waals surface area (Å²) in [5, 5.41) is 2.64. The van der Waals surface area contributed by atoms with Gasteiger partial charge in [0.2, 0.25) is 10.0 Å². The van der Waals surface area contributed by atoms with E-state index in [9.17, 15) is 13.2 Å². The van der Waals surface area contributed by atoms with Crippen LogP contribution in [0.4, 0.5) is 5.69 Å². The van der Waals surface area contributed by atoms with Gasteiger partial charge < -0.3 is 14.8 Å². The van der Waals surface area contributed by atoms with Crippen LogP contribution in [0, 0.1) is 0 Å². The molecule has 1 aliphatic heterocycles. The van der Waals surface area contributed by atoms with Crippen molar-refractivity contribution in [2.75, 3.05) is 12.4 Å². The van der Waals surface area contributed by atoms with Gasteiger partial charge in [-0.3, -0.25) is 4.79 Å². The van der Waals surface area contributed by atoms with Crippen LogP contribution in [0.2, 0.25) is 0 Å². The van der Waals surface area contributed by atoms with Gasteiger partial charge in [0.05, 0.1) is 17.7 Å². The molecule has 0 fully saturated rings. The first kappa shape index (κ1) is 17.2. The maximum atomic E-state index is 12.5. The standard InChI is InChI=1S/C17H18N2O5S/c1-11-17(20)19-14-9-13(7-8-16(14)24-11)25(21,22)18-10-12-5-3-4-6-15(12)23-2/h3-9,11,18H,10H2,1-2H3,(H,19,20). The summed E-state index contributed by atoms with van der Waals surface area (Å²) in [6.45, 7) is 1.71. The molecule has 2 N–H and O–H groups in total. The van der Waals surface area contributed by atoms with Gasteiger partial charge in [-0.05, 0) is 31.2 Å². The number of ether oxygens (including phenoxy) is 2. The van der Waals surface area contributed by atoms with Gasteiger partial charge in [-0.25, -0.2) is 13.1 Å². The van der Waals surface area contributed by atoms with Crippen molar-refractivity contribution >= 4 is 21.6 Å². The number of anilines is 1. The second kappa shape index (κ2) is 6.73. The van der Waals surface area contributed by atoms with Gasteiger partial charge in [0.15, 0.2) is 6.10 Å². The highest BCUT2D eigenvalue weighted by Crippen LogP contribution is 2.31. The highest BCUT2D eigenvalue weighted by atomic mass is 32.2. The van der Waals surface area contributed by atoms with Crippen LogP contribution in [-0.4, -0.2) is 27.5 Å². The number of hydrogen-bond donors (Lipinski definition) is 2. The fraction of sp³-hybridized carbons (Fsp3) is 0.235. The molecule has 7 nitrogen and oxygen atoms in total. The molecule has 1 unspecified atom stereocenters. The maximum Gasteiger partial charge on any atom is 0.265 e. The second-order valence-electron chi connectivity index (χ2n) is 5.54. The number of benzene rings is 2. The third-order valence-electron chi connectivity index (χ3n) is 3.84. The molecular formula is C17H18N2O5S. The Labute approximate surface area is 146 Å². The molecule has 3 rings (SSSR count). The van der Waals surface area contributed by atoms with E-state index in [1.165, 1.54) is 25.3 Å². The predicted octanol–water partition coefficient (Wildman–Crippen LogP) is 1.89. The molecule has 132 valence electrons. The van der Waals surface area contributed by atoms with Crippen molar-refractivity contribution in [3.8, 4) is 11.5 Å². The minimum absolute atomic E-state index is 0.0413. The van der Waals surface area contributed by atoms with E-state index in [1.807, 2.05) is 6.07 Å². The van der Waals surface area contributed by atoms with E-state index in [-0.39, 0.29) is 17.3 Å². The lowest BCUT2D eigenvalue weighted by Crippen LogP contribution is -2.34. The molecule has 1 amide bonds. The lowest BCUT2D eigenvalue weighted by atomic mass is 10.2. The second-order valence-corrected chi connectivity index (χ2v) is 7.31. The quantitative estimate of drug-likeness (QED) is 0.847. The number of carbonyl (C=O) groups is 1. The van der Waals surface area contributed by atoms with Gasteiger partial charge in [-0.2, -0.15) is 0 Å². The van der Waals surface area contributed by atoms with Crippen LogP contribution in [0.3, 0.4) is 0 Å². The van der Waals surface area contributed by atoms with E-state index in [0.717, 1.165) is 5.56 Å². The Morgan fingerprint density at radius 3 is 2.76 bits per heavy atom. The van der Waals surface area contributed by atoms with Crippen LogP contribution in [0.5, 0.6) is 11.5 Å². The molecule has 0 saturated heterocycles. The number of fused-ring (bicyclic) bond motifs is 1. The maximum absolute atomic E-state index is 12.5. The average molecular weight is 362 g/mol. The normalized spacial score (nSPS) is 16.6. The molecule has 0 aliphatic carbocycles. The van der Waals surface area contributed by atoms with E-state index in [2.05, 4.69) is 10.0 Å². The summed E-state index contributed by atoms with van der Waals surface area (Å²) in [7, 11) is -2.23. The number of rotatable bonds is 5. The smallest absolute Gasteiger partial charge is 0.265 e. The Hall–Kier alpha value is -2.58. The first-order valence-corrected chi connectivity index (χ1v) is 9.12. The summed E-state index contributed by atoms with van der Waals surface area (Å²) in [5.74, 6) is 0.727. The van der Waals surface area contributed by atoms with E-state index < -0.39 is 16.1 Å². The molecule has 1 atom stereocenters. The largest absolute Gasteiger partial charge is 0.496 e. The Bertz CT molecular complexity index is 911. The van der Waals surface area contributed by atoms with E-state index in [4.69, 9.17) is 9.47 Å². The van der Waals surface area contributed by atoms with Gasteiger partial charge in [0.25, 0.3) is 5.91 Å². The number of sulfonamides is 1. The van der Waals surface area contributed by atoms with Crippen molar-refractivity contribution < 1.29 is 22.7 Å². The third kappa shape index (κ3) is 3.59. The van der Waals surface area contributed by atoms with Crippen LogP contribution < -0.4 is 19.5 Å². The summed E-state index contributed by atoms with van der Waals surface area (Å²) >= 11 is 0. The predicted molar refractivity (Wildman–Crippen MR) is 92.2 cm³/mol. The van der Waals surface area contributed by atoms with Crippen LogP contribution in [0.1, 0.15) is 12.5 Å². The van der Waals surface area contributed by atoms with Crippen LogP contribution in [0.15, 0.2) is 47.4 Å². The molecule has 1 heterocycles. The van der Waals surface area contributed by atoms with E-state index >= 15 is 0 Å². The Kier molecular flexibility index (Phi) is 4.65. The summed E-state index contributed by atoms with van der Waals surface area (Å²) in [6.07, 6.45) is -0.612. The number of amides is 1. The van der Waals surface area contributed by atoms with Gasteiger partial charge in [0.1, 0.15) is 11.5 Å². The molecule has 8 heteroatoms. The molecule has 0 radical (unpaired) electrons. The first-order chi connectivity index (χ1) is 11.9. The minimum atomic E-state index is -3.76. The zero-order chi connectivity index (χ0) is 18.0. The highest BCUT2D eigenvalue weighted by molar-refractivity contribution is 7.89. The Morgan fingerprint density at radius 2 is 2.00 bits per heavy atom. The zero-order valence-corrected chi connectivity index (χ0v) is 14.6. The molecule has 0 aromatic heterocycles. The molecule has 0 spiro atoms. The van der Waals surface area contributed by atoms with Gasteiger partial charge in [0, 0.05) is 12.1 Å². The number of nitrogens with one attached hydrogen (secondary N) is 2. The highest BCUT2D eigenvalue weighted by Gasteiger charge is 2.25. The lowest BCUT2D eigenvalue weighted by Gasteiger charge is -2.23. The summed E-state index contributed by atoms with van der Waals surface area (Å²) in [6, 6.07) is 11.5. The van der Waals surface area contributed by atoms with E-state index in [0.29, 0.717) is 17.2 Å². The summed E-state index contributed by atoms with van der Waals surface area (Å²) in [5.41, 5.74) is 1.06. The fourth-order valence-electron chi connectivity index (χ4n) is 2.46. The molecule has 2 aromatic carbocycles. The van der Waals surface area contributed by atoms with Crippen LogP contribution in [0.25, 0.3) is 0 Å². The molecule has 25 heavy (non-hydrogen) atoms. The molecular weight excluding hydrogens is 344 g/mol. The third-order valence-corrected chi connectivity index (χ3v) is 5.24. The van der Waals surface area contributed by atoms with Crippen LogP contribution in [-0.2, 0) is 21.4 Å². The van der Waals surface area contributed by atoms with Crippen molar-refractivity contribution in [3.05, 3.63) is 48.0 Å². The Balaban J connectivity index is 1.81. The van der Waals surface area contributed by atoms with Gasteiger partial charge in [-0.1, -0.05) is 18.2 Å². The van der Waals surface area contributed by atoms with E-state index in [1.54, 1.807) is 25.1 Å². The molecule has 0 bridgehead atoms. The zero-order valence-electron chi connectivity index (χ0n) is 13.8. The number of carbonyl (C=O) groups excluding carboxylic acids is 1. The van der Waals surface area contributed by atoms with Crippen molar-refractivity contribution in [1.82, 2.24) is 4.72 Å². The minimum Gasteiger partial charge on any atom is -0.496 e. The van der Waals surface area contributed by atoms with Crippen molar-refractivity contribution in [2.24, 2.45) is 0 Å². The monoisotopic (exact) mass is 362 g/mol. The molecule has 2 aromatic rings. The average Bonchev–Trinajstić information content (AvgIpc) is 2.61. The first-order valence-electron chi connectivity index (χ1n) is 7.64.